The van der Waals surface area contributed by atoms with Crippen molar-refractivity contribution in [3.05, 3.63) is 0 Å². The molecular formula is C11H22N2O3. The third-order valence-electron chi connectivity index (χ3n) is 3.21. The van der Waals surface area contributed by atoms with Crippen LogP contribution in [0.25, 0.3) is 0 Å². The van der Waals surface area contributed by atoms with Crippen molar-refractivity contribution < 1.29 is 14.6 Å². The van der Waals surface area contributed by atoms with Gasteiger partial charge in [0.05, 0.1) is 7.11 Å². The smallest absolute Gasteiger partial charge is 0.338 e. The standard InChI is InChI=1S/C11H22N2O3/c1-8(12)9-4-5-13(6-9)7-11(2,15)10(14)16-3/h8-9,15H,4-7,12H2,1-3H3. The number of likely N-dealkylation sites (tertiary alicyclic amines) is 1. The molecule has 0 aromatic heterocycles. The number of esters is 1. The molecule has 16 heavy (non-hydrogen) atoms. The molecule has 5 nitrogen and oxygen atoms in total. The summed E-state index contributed by atoms with van der Waals surface area (Å²) < 4.78 is 4.56. The van der Waals surface area contributed by atoms with Gasteiger partial charge >= 0.3 is 5.97 Å². The molecule has 94 valence electrons. The van der Waals surface area contributed by atoms with Gasteiger partial charge in [-0.1, -0.05) is 0 Å². The van der Waals surface area contributed by atoms with Crippen LogP contribution >= 0.6 is 0 Å². The van der Waals surface area contributed by atoms with Crippen LogP contribution in [0.5, 0.6) is 0 Å². The van der Waals surface area contributed by atoms with Crippen molar-refractivity contribution in [2.75, 3.05) is 26.7 Å². The molecule has 3 unspecified atom stereocenters. The number of carbonyl (C=O) groups excluding carboxylic acids is 1. The lowest BCUT2D eigenvalue weighted by Crippen LogP contribution is -2.47. The predicted molar refractivity (Wildman–Crippen MR) is 60.8 cm³/mol. The molecule has 5 heteroatoms. The number of rotatable bonds is 4. The maximum Gasteiger partial charge on any atom is 0.338 e. The van der Waals surface area contributed by atoms with Gasteiger partial charge in [-0.25, -0.2) is 4.79 Å². The Morgan fingerprint density at radius 3 is 2.81 bits per heavy atom. The SMILES string of the molecule is COC(=O)C(C)(O)CN1CCC(C(C)N)C1. The Kier molecular flexibility index (Phi) is 4.29. The molecule has 1 aliphatic rings. The molecule has 1 fully saturated rings. The number of nitrogens with zero attached hydrogens (tertiary/aromatic N) is 1. The van der Waals surface area contributed by atoms with Gasteiger partial charge in [-0.2, -0.15) is 0 Å². The first kappa shape index (κ1) is 13.4. The number of methoxy groups -OCH3 is 1. The molecule has 1 saturated heterocycles. The Morgan fingerprint density at radius 2 is 2.38 bits per heavy atom. The van der Waals surface area contributed by atoms with Crippen LogP contribution in [0.3, 0.4) is 0 Å². The molecule has 0 amide bonds. The van der Waals surface area contributed by atoms with E-state index in [9.17, 15) is 9.90 Å². The molecule has 0 radical (unpaired) electrons. The molecule has 0 saturated carbocycles. The number of carbonyl (C=O) groups is 1. The first-order chi connectivity index (χ1) is 7.36. The van der Waals surface area contributed by atoms with E-state index in [1.807, 2.05) is 6.92 Å². The summed E-state index contributed by atoms with van der Waals surface area (Å²) in [5.74, 6) is -0.134. The van der Waals surface area contributed by atoms with E-state index in [1.54, 1.807) is 0 Å². The summed E-state index contributed by atoms with van der Waals surface area (Å²) in [5, 5.41) is 9.92. The lowest BCUT2D eigenvalue weighted by atomic mass is 10.0. The van der Waals surface area contributed by atoms with Gasteiger partial charge in [-0.05, 0) is 32.7 Å². The summed E-state index contributed by atoms with van der Waals surface area (Å²) in [6, 6.07) is 0.160. The zero-order valence-electron chi connectivity index (χ0n) is 10.3. The molecule has 1 heterocycles. The molecule has 1 aliphatic heterocycles. The lowest BCUT2D eigenvalue weighted by molar-refractivity contribution is -0.162. The van der Waals surface area contributed by atoms with E-state index in [0.29, 0.717) is 12.5 Å². The van der Waals surface area contributed by atoms with Crippen LogP contribution in [-0.2, 0) is 9.53 Å². The lowest BCUT2D eigenvalue weighted by Gasteiger charge is -2.26. The van der Waals surface area contributed by atoms with Gasteiger partial charge in [0.1, 0.15) is 0 Å². The van der Waals surface area contributed by atoms with Gasteiger partial charge in [0.15, 0.2) is 5.60 Å². The highest BCUT2D eigenvalue weighted by atomic mass is 16.5. The zero-order chi connectivity index (χ0) is 12.3. The summed E-state index contributed by atoms with van der Waals surface area (Å²) in [6.07, 6.45) is 1.02. The predicted octanol–water partition coefficient (Wildman–Crippen LogP) is -0.420. The van der Waals surface area contributed by atoms with E-state index in [0.717, 1.165) is 19.5 Å². The largest absolute Gasteiger partial charge is 0.467 e. The molecule has 0 spiro atoms. The van der Waals surface area contributed by atoms with Crippen molar-refractivity contribution in [1.82, 2.24) is 4.90 Å². The van der Waals surface area contributed by atoms with Crippen molar-refractivity contribution in [3.63, 3.8) is 0 Å². The van der Waals surface area contributed by atoms with Gasteiger partial charge in [0.25, 0.3) is 0 Å². The second kappa shape index (κ2) is 5.12. The summed E-state index contributed by atoms with van der Waals surface area (Å²) in [5.41, 5.74) is 4.40. The van der Waals surface area contributed by atoms with Gasteiger partial charge < -0.3 is 15.6 Å². The Morgan fingerprint density at radius 1 is 1.75 bits per heavy atom. The molecular weight excluding hydrogens is 208 g/mol. The van der Waals surface area contributed by atoms with Crippen LogP contribution in [0.1, 0.15) is 20.3 Å². The number of nitrogens with two attached hydrogens (primary N) is 1. The Labute approximate surface area is 96.6 Å². The molecule has 0 aromatic rings. The average molecular weight is 230 g/mol. The highest BCUT2D eigenvalue weighted by Crippen LogP contribution is 2.21. The topological polar surface area (TPSA) is 75.8 Å². The van der Waals surface area contributed by atoms with Crippen LogP contribution in [0.4, 0.5) is 0 Å². The Hall–Kier alpha value is -0.650. The minimum absolute atomic E-state index is 0.160. The van der Waals surface area contributed by atoms with Gasteiger partial charge in [-0.3, -0.25) is 4.90 Å². The molecule has 3 atom stereocenters. The first-order valence-electron chi connectivity index (χ1n) is 5.65. The van der Waals surface area contributed by atoms with Gasteiger partial charge in [0, 0.05) is 19.1 Å². The van der Waals surface area contributed by atoms with Gasteiger partial charge in [0.2, 0.25) is 0 Å². The van der Waals surface area contributed by atoms with Crippen LogP contribution in [0.15, 0.2) is 0 Å². The quantitative estimate of drug-likeness (QED) is 0.642. The van der Waals surface area contributed by atoms with Crippen molar-refractivity contribution in [2.45, 2.75) is 31.9 Å². The third kappa shape index (κ3) is 3.17. The number of aliphatic hydroxyl groups is 1. The van der Waals surface area contributed by atoms with E-state index in [4.69, 9.17) is 5.73 Å². The van der Waals surface area contributed by atoms with Crippen molar-refractivity contribution in [2.24, 2.45) is 11.7 Å². The number of β-amino-alcohol motifs (C(OH)–C–C–N with tert-alkyl or cyclic N) is 1. The Balaban J connectivity index is 2.47. The maximum atomic E-state index is 11.3. The number of hydrogen-bond acceptors (Lipinski definition) is 5. The summed E-state index contributed by atoms with van der Waals surface area (Å²) in [4.78, 5) is 13.4. The van der Waals surface area contributed by atoms with Gasteiger partial charge in [-0.15, -0.1) is 0 Å². The number of hydrogen-bond donors (Lipinski definition) is 2. The molecule has 0 bridgehead atoms. The molecule has 0 aromatic carbocycles. The Bertz CT molecular complexity index is 254. The highest BCUT2D eigenvalue weighted by Gasteiger charge is 2.36. The van der Waals surface area contributed by atoms with Crippen LogP contribution in [-0.4, -0.2) is 54.4 Å². The normalized spacial score (nSPS) is 27.4. The second-order valence-corrected chi connectivity index (χ2v) is 4.91. The monoisotopic (exact) mass is 230 g/mol. The van der Waals surface area contributed by atoms with E-state index in [-0.39, 0.29) is 6.04 Å². The minimum Gasteiger partial charge on any atom is -0.467 e. The highest BCUT2D eigenvalue weighted by molar-refractivity contribution is 5.78. The van der Waals surface area contributed by atoms with Crippen LogP contribution < -0.4 is 5.73 Å². The van der Waals surface area contributed by atoms with Crippen LogP contribution in [0, 0.1) is 5.92 Å². The van der Waals surface area contributed by atoms with E-state index < -0.39 is 11.6 Å². The van der Waals surface area contributed by atoms with E-state index >= 15 is 0 Å². The van der Waals surface area contributed by atoms with Crippen molar-refractivity contribution in [1.29, 1.82) is 0 Å². The maximum absolute atomic E-state index is 11.3. The fourth-order valence-corrected chi connectivity index (χ4v) is 2.16. The summed E-state index contributed by atoms with van der Waals surface area (Å²) in [7, 11) is 1.28. The molecule has 0 aliphatic carbocycles. The fraction of sp³-hybridized carbons (Fsp3) is 0.909. The summed E-state index contributed by atoms with van der Waals surface area (Å²) >= 11 is 0. The fourth-order valence-electron chi connectivity index (χ4n) is 2.16. The van der Waals surface area contributed by atoms with E-state index in [2.05, 4.69) is 9.64 Å². The average Bonchev–Trinajstić information content (AvgIpc) is 2.64. The third-order valence-corrected chi connectivity index (χ3v) is 3.21. The van der Waals surface area contributed by atoms with Crippen molar-refractivity contribution in [3.8, 4) is 0 Å². The second-order valence-electron chi connectivity index (χ2n) is 4.91. The molecule has 3 N–H and O–H groups in total. The van der Waals surface area contributed by atoms with E-state index in [1.165, 1.54) is 14.0 Å². The van der Waals surface area contributed by atoms with Crippen molar-refractivity contribution >= 4 is 5.97 Å². The summed E-state index contributed by atoms with van der Waals surface area (Å²) in [6.45, 7) is 5.50. The minimum atomic E-state index is -1.43. The molecule has 1 rings (SSSR count). The van der Waals surface area contributed by atoms with Crippen LogP contribution in [0.2, 0.25) is 0 Å². The number of ether oxygens (including phenoxy) is 1. The zero-order valence-corrected chi connectivity index (χ0v) is 10.3. The first-order valence-corrected chi connectivity index (χ1v) is 5.65.